The molecule has 3 nitrogen and oxygen atoms in total. The summed E-state index contributed by atoms with van der Waals surface area (Å²) in [4.78, 5) is 22.8. The summed E-state index contributed by atoms with van der Waals surface area (Å²) < 4.78 is 5.88. The largest absolute Gasteiger partial charge is 0.457 e. The predicted octanol–water partition coefficient (Wildman–Crippen LogP) is 3.48. The highest BCUT2D eigenvalue weighted by Gasteiger charge is 2.20. The van der Waals surface area contributed by atoms with Crippen LogP contribution in [0.5, 0.6) is 5.75 Å². The number of ether oxygens (including phenoxy) is 1. The van der Waals surface area contributed by atoms with Gasteiger partial charge in [-0.3, -0.25) is 9.59 Å². The third kappa shape index (κ3) is 2.87. The topological polar surface area (TPSA) is 43.4 Å². The highest BCUT2D eigenvalue weighted by atomic mass is 16.5. The van der Waals surface area contributed by atoms with Crippen LogP contribution >= 0.6 is 0 Å². The van der Waals surface area contributed by atoms with Crippen LogP contribution in [-0.2, 0) is 9.59 Å². The van der Waals surface area contributed by atoms with E-state index in [-0.39, 0.29) is 0 Å². The van der Waals surface area contributed by atoms with Crippen molar-refractivity contribution >= 4 is 11.6 Å². The standard InChI is InChI=1S/C17H18O3/c1-10(2)13-6-5-11(3)7-17(13)20-16-9-15(19)14(18)8-12(16)4/h5-10H,1-4H3. The molecule has 0 saturated heterocycles. The number of carbonyl (C=O) groups excluding carboxylic acids is 2. The van der Waals surface area contributed by atoms with Crippen molar-refractivity contribution in [2.24, 2.45) is 0 Å². The molecular formula is C17H18O3. The van der Waals surface area contributed by atoms with E-state index in [0.29, 0.717) is 17.3 Å². The zero-order chi connectivity index (χ0) is 14.9. The van der Waals surface area contributed by atoms with Crippen molar-refractivity contribution in [3.05, 3.63) is 52.8 Å². The Kier molecular flexibility index (Phi) is 3.89. The van der Waals surface area contributed by atoms with Crippen molar-refractivity contribution in [1.82, 2.24) is 0 Å². The zero-order valence-corrected chi connectivity index (χ0v) is 12.2. The Balaban J connectivity index is 2.38. The lowest BCUT2D eigenvalue weighted by molar-refractivity contribution is -0.131. The SMILES string of the molecule is CC1=CC(=O)C(=O)C=C1Oc1cc(C)ccc1C(C)C. The quantitative estimate of drug-likeness (QED) is 0.624. The van der Waals surface area contributed by atoms with E-state index in [1.54, 1.807) is 6.92 Å². The highest BCUT2D eigenvalue weighted by molar-refractivity contribution is 6.46. The first kappa shape index (κ1) is 14.3. The van der Waals surface area contributed by atoms with Gasteiger partial charge in [-0.2, -0.15) is 0 Å². The summed E-state index contributed by atoms with van der Waals surface area (Å²) in [6, 6.07) is 6.02. The van der Waals surface area contributed by atoms with Crippen LogP contribution in [0, 0.1) is 6.92 Å². The Morgan fingerprint density at radius 2 is 1.65 bits per heavy atom. The molecule has 0 aromatic heterocycles. The fraction of sp³-hybridized carbons (Fsp3) is 0.294. The van der Waals surface area contributed by atoms with E-state index in [0.717, 1.165) is 16.9 Å². The lowest BCUT2D eigenvalue weighted by Gasteiger charge is -2.18. The Hall–Kier alpha value is -2.16. The van der Waals surface area contributed by atoms with Gasteiger partial charge < -0.3 is 4.74 Å². The van der Waals surface area contributed by atoms with E-state index in [1.807, 2.05) is 25.1 Å². The molecule has 0 saturated carbocycles. The van der Waals surface area contributed by atoms with Gasteiger partial charge in [-0.05, 0) is 48.6 Å². The molecule has 104 valence electrons. The van der Waals surface area contributed by atoms with Gasteiger partial charge in [0, 0.05) is 6.08 Å². The van der Waals surface area contributed by atoms with E-state index in [4.69, 9.17) is 4.74 Å². The normalized spacial score (nSPS) is 15.2. The summed E-state index contributed by atoms with van der Waals surface area (Å²) in [7, 11) is 0. The first-order valence-electron chi connectivity index (χ1n) is 6.65. The van der Waals surface area contributed by atoms with Crippen molar-refractivity contribution in [1.29, 1.82) is 0 Å². The molecule has 0 unspecified atom stereocenters. The third-order valence-electron chi connectivity index (χ3n) is 3.25. The molecule has 0 bridgehead atoms. The van der Waals surface area contributed by atoms with Gasteiger partial charge in [-0.15, -0.1) is 0 Å². The molecule has 0 heterocycles. The van der Waals surface area contributed by atoms with Crippen LogP contribution in [0.3, 0.4) is 0 Å². The Bertz CT molecular complexity index is 634. The Morgan fingerprint density at radius 1 is 1.00 bits per heavy atom. The monoisotopic (exact) mass is 270 g/mol. The van der Waals surface area contributed by atoms with Gasteiger partial charge in [0.15, 0.2) is 0 Å². The molecule has 0 fully saturated rings. The lowest BCUT2D eigenvalue weighted by atomic mass is 10.00. The molecule has 0 atom stereocenters. The maximum atomic E-state index is 11.5. The number of allylic oxidation sites excluding steroid dienone is 3. The number of hydrogen-bond donors (Lipinski definition) is 0. The number of ketones is 2. The zero-order valence-electron chi connectivity index (χ0n) is 12.2. The van der Waals surface area contributed by atoms with Crippen molar-refractivity contribution < 1.29 is 14.3 Å². The van der Waals surface area contributed by atoms with E-state index in [1.165, 1.54) is 12.2 Å². The molecular weight excluding hydrogens is 252 g/mol. The second-order valence-electron chi connectivity index (χ2n) is 5.36. The molecule has 0 aliphatic heterocycles. The van der Waals surface area contributed by atoms with Gasteiger partial charge in [0.05, 0.1) is 0 Å². The summed E-state index contributed by atoms with van der Waals surface area (Å²) in [5, 5.41) is 0. The number of hydrogen-bond acceptors (Lipinski definition) is 3. The van der Waals surface area contributed by atoms with Crippen molar-refractivity contribution in [2.45, 2.75) is 33.6 Å². The number of rotatable bonds is 3. The molecule has 0 radical (unpaired) electrons. The van der Waals surface area contributed by atoms with Crippen molar-refractivity contribution in [2.75, 3.05) is 0 Å². The molecule has 1 aromatic carbocycles. The minimum Gasteiger partial charge on any atom is -0.457 e. The molecule has 0 amide bonds. The fourth-order valence-electron chi connectivity index (χ4n) is 2.08. The maximum Gasteiger partial charge on any atom is 0.229 e. The van der Waals surface area contributed by atoms with Gasteiger partial charge in [-0.1, -0.05) is 26.0 Å². The molecule has 20 heavy (non-hydrogen) atoms. The smallest absolute Gasteiger partial charge is 0.229 e. The predicted molar refractivity (Wildman–Crippen MR) is 77.8 cm³/mol. The fourth-order valence-corrected chi connectivity index (χ4v) is 2.08. The van der Waals surface area contributed by atoms with E-state index >= 15 is 0 Å². The number of benzene rings is 1. The van der Waals surface area contributed by atoms with Crippen LogP contribution in [0.2, 0.25) is 0 Å². The highest BCUT2D eigenvalue weighted by Crippen LogP contribution is 2.30. The summed E-state index contributed by atoms with van der Waals surface area (Å²) >= 11 is 0. The van der Waals surface area contributed by atoms with Crippen LogP contribution in [-0.4, -0.2) is 11.6 Å². The lowest BCUT2D eigenvalue weighted by Crippen LogP contribution is -2.16. The maximum absolute atomic E-state index is 11.5. The van der Waals surface area contributed by atoms with Crippen LogP contribution in [0.1, 0.15) is 37.8 Å². The minimum absolute atomic E-state index is 0.316. The first-order valence-corrected chi connectivity index (χ1v) is 6.65. The molecule has 2 rings (SSSR count). The van der Waals surface area contributed by atoms with Crippen molar-refractivity contribution in [3.63, 3.8) is 0 Å². The Morgan fingerprint density at radius 3 is 2.30 bits per heavy atom. The number of aryl methyl sites for hydroxylation is 1. The van der Waals surface area contributed by atoms with Gasteiger partial charge in [0.1, 0.15) is 11.5 Å². The molecule has 1 aliphatic carbocycles. The molecule has 1 aliphatic rings. The summed E-state index contributed by atoms with van der Waals surface area (Å²) in [6.45, 7) is 7.93. The van der Waals surface area contributed by atoms with Crippen LogP contribution in [0.25, 0.3) is 0 Å². The second-order valence-corrected chi connectivity index (χ2v) is 5.36. The molecule has 0 N–H and O–H groups in total. The van der Waals surface area contributed by atoms with Crippen LogP contribution < -0.4 is 4.74 Å². The van der Waals surface area contributed by atoms with E-state index in [9.17, 15) is 9.59 Å². The number of carbonyl (C=O) groups is 2. The third-order valence-corrected chi connectivity index (χ3v) is 3.25. The van der Waals surface area contributed by atoms with Crippen LogP contribution in [0.15, 0.2) is 41.7 Å². The second kappa shape index (κ2) is 5.45. The molecule has 3 heteroatoms. The average Bonchev–Trinajstić information content (AvgIpc) is 2.35. The minimum atomic E-state index is -0.538. The average molecular weight is 270 g/mol. The van der Waals surface area contributed by atoms with E-state index in [2.05, 4.69) is 13.8 Å². The molecule has 0 spiro atoms. The Labute approximate surface area is 118 Å². The molecule has 1 aromatic rings. The summed E-state index contributed by atoms with van der Waals surface area (Å²) in [6.07, 6.45) is 2.59. The van der Waals surface area contributed by atoms with Crippen LogP contribution in [0.4, 0.5) is 0 Å². The van der Waals surface area contributed by atoms with Gasteiger partial charge in [0.2, 0.25) is 11.6 Å². The van der Waals surface area contributed by atoms with E-state index < -0.39 is 11.6 Å². The van der Waals surface area contributed by atoms with Crippen molar-refractivity contribution in [3.8, 4) is 5.75 Å². The van der Waals surface area contributed by atoms with Gasteiger partial charge >= 0.3 is 0 Å². The van der Waals surface area contributed by atoms with Gasteiger partial charge in [-0.25, -0.2) is 0 Å². The summed E-state index contributed by atoms with van der Waals surface area (Å²) in [5.41, 5.74) is 2.84. The van der Waals surface area contributed by atoms with Gasteiger partial charge in [0.25, 0.3) is 0 Å². The first-order chi connectivity index (χ1) is 9.38. The summed E-state index contributed by atoms with van der Waals surface area (Å²) in [5.74, 6) is 0.465.